The number of carboxylic acids is 1. The summed E-state index contributed by atoms with van der Waals surface area (Å²) in [5, 5.41) is 9.35. The molecule has 5 rings (SSSR count). The van der Waals surface area contributed by atoms with Gasteiger partial charge < -0.3 is 14.9 Å². The second-order valence-electron chi connectivity index (χ2n) is 11.6. The molecular formula is C33H40N4O4. The minimum absolute atomic E-state index is 0.0288. The number of rotatable bonds is 8. The summed E-state index contributed by atoms with van der Waals surface area (Å²) in [6.45, 7) is 3.59. The van der Waals surface area contributed by atoms with E-state index in [2.05, 4.69) is 59.3 Å². The van der Waals surface area contributed by atoms with E-state index in [0.29, 0.717) is 11.7 Å². The van der Waals surface area contributed by atoms with Crippen LogP contribution in [0.5, 0.6) is 0 Å². The maximum atomic E-state index is 12.4. The molecule has 2 aliphatic rings. The van der Waals surface area contributed by atoms with Crippen LogP contribution in [0.1, 0.15) is 47.1 Å². The van der Waals surface area contributed by atoms with Crippen molar-refractivity contribution in [3.05, 3.63) is 103 Å². The standard InChI is InChI=1S/C33H40N4O4/c1-34(22-23-14-17-37(18-15-23)30-21-31(38)36(3)33(41)35(30)2)16-6-9-28-27-8-5-4-7-25(27)12-13-26-11-10-24(19-29(26)28)20-32(39)40/h4-5,7-11,19,21,23H,6,12-18,20,22H2,1-3H3,(H,39,40)/b28-9-. The van der Waals surface area contributed by atoms with Gasteiger partial charge in [-0.3, -0.25) is 18.7 Å². The molecule has 1 saturated heterocycles. The number of aromatic nitrogens is 2. The predicted octanol–water partition coefficient (Wildman–Crippen LogP) is 3.48. The first-order chi connectivity index (χ1) is 19.7. The van der Waals surface area contributed by atoms with Gasteiger partial charge in [-0.15, -0.1) is 0 Å². The molecule has 1 aliphatic carbocycles. The highest BCUT2D eigenvalue weighted by Gasteiger charge is 2.23. The Balaban J connectivity index is 1.24. The largest absolute Gasteiger partial charge is 0.481 e. The first kappa shape index (κ1) is 28.6. The lowest BCUT2D eigenvalue weighted by atomic mass is 9.91. The van der Waals surface area contributed by atoms with E-state index in [-0.39, 0.29) is 17.7 Å². The van der Waals surface area contributed by atoms with Crippen molar-refractivity contribution in [3.63, 3.8) is 0 Å². The molecule has 0 atom stereocenters. The van der Waals surface area contributed by atoms with Gasteiger partial charge >= 0.3 is 11.7 Å². The summed E-state index contributed by atoms with van der Waals surface area (Å²) in [6.07, 6.45) is 7.22. The van der Waals surface area contributed by atoms with Crippen LogP contribution in [0.3, 0.4) is 0 Å². The van der Waals surface area contributed by atoms with Crippen molar-refractivity contribution in [1.29, 1.82) is 0 Å². The number of piperidine rings is 1. The minimum atomic E-state index is -0.811. The quantitative estimate of drug-likeness (QED) is 0.457. The van der Waals surface area contributed by atoms with Crippen LogP contribution in [0.25, 0.3) is 5.57 Å². The third-order valence-corrected chi connectivity index (χ3v) is 8.66. The number of hydrogen-bond donors (Lipinski definition) is 1. The van der Waals surface area contributed by atoms with E-state index in [1.807, 2.05) is 6.07 Å². The number of nitrogens with zero attached hydrogens (tertiary/aromatic N) is 4. The molecule has 1 aromatic heterocycles. The van der Waals surface area contributed by atoms with Crippen LogP contribution >= 0.6 is 0 Å². The number of benzene rings is 2. The Labute approximate surface area is 241 Å². The summed E-state index contributed by atoms with van der Waals surface area (Å²) >= 11 is 0. The Morgan fingerprint density at radius 2 is 1.68 bits per heavy atom. The molecule has 1 fully saturated rings. The molecule has 3 aromatic rings. The van der Waals surface area contributed by atoms with E-state index in [0.717, 1.165) is 74.0 Å². The van der Waals surface area contributed by atoms with Gasteiger partial charge in [0.15, 0.2) is 0 Å². The third-order valence-electron chi connectivity index (χ3n) is 8.66. The Morgan fingerprint density at radius 3 is 2.41 bits per heavy atom. The molecule has 8 nitrogen and oxygen atoms in total. The first-order valence-electron chi connectivity index (χ1n) is 14.5. The van der Waals surface area contributed by atoms with Gasteiger partial charge in [0, 0.05) is 46.3 Å². The minimum Gasteiger partial charge on any atom is -0.481 e. The molecule has 0 unspecified atom stereocenters. The lowest BCUT2D eigenvalue weighted by Crippen LogP contribution is -2.43. The number of aliphatic carboxylic acids is 1. The predicted molar refractivity (Wildman–Crippen MR) is 163 cm³/mol. The summed E-state index contributed by atoms with van der Waals surface area (Å²) in [7, 11) is 5.41. The number of fused-ring (bicyclic) bond motifs is 2. The lowest BCUT2D eigenvalue weighted by molar-refractivity contribution is -0.136. The molecule has 2 aromatic carbocycles. The molecule has 2 heterocycles. The zero-order valence-corrected chi connectivity index (χ0v) is 24.3. The van der Waals surface area contributed by atoms with Gasteiger partial charge in [0.05, 0.1) is 6.42 Å². The Kier molecular flexibility index (Phi) is 8.59. The number of hydrogen-bond acceptors (Lipinski definition) is 5. The topological polar surface area (TPSA) is 87.8 Å². The molecule has 0 bridgehead atoms. The molecule has 8 heteroatoms. The van der Waals surface area contributed by atoms with Crippen molar-refractivity contribution in [2.24, 2.45) is 20.0 Å². The highest BCUT2D eigenvalue weighted by Crippen LogP contribution is 2.34. The number of aryl methyl sites for hydroxylation is 2. The van der Waals surface area contributed by atoms with E-state index in [9.17, 15) is 19.5 Å². The summed E-state index contributed by atoms with van der Waals surface area (Å²) in [6, 6.07) is 16.3. The van der Waals surface area contributed by atoms with E-state index >= 15 is 0 Å². The van der Waals surface area contributed by atoms with Crippen molar-refractivity contribution >= 4 is 17.4 Å². The van der Waals surface area contributed by atoms with E-state index in [4.69, 9.17) is 0 Å². The van der Waals surface area contributed by atoms with Gasteiger partial charge in [0.1, 0.15) is 5.82 Å². The summed E-state index contributed by atoms with van der Waals surface area (Å²) < 4.78 is 2.71. The van der Waals surface area contributed by atoms with Crippen LogP contribution < -0.4 is 16.1 Å². The van der Waals surface area contributed by atoms with Crippen LogP contribution in [-0.4, -0.2) is 58.3 Å². The molecule has 0 spiro atoms. The van der Waals surface area contributed by atoms with Crippen LogP contribution in [0.15, 0.2) is 64.2 Å². The van der Waals surface area contributed by atoms with Crippen molar-refractivity contribution in [3.8, 4) is 0 Å². The fourth-order valence-corrected chi connectivity index (χ4v) is 6.34. The molecule has 1 aliphatic heterocycles. The second-order valence-corrected chi connectivity index (χ2v) is 11.6. The SMILES string of the molecule is CN(CC/C=C1/c2ccccc2CCc2ccc(CC(=O)O)cc21)CC1CCN(c2cc(=O)n(C)c(=O)n2C)CC1. The van der Waals surface area contributed by atoms with Gasteiger partial charge in [0.25, 0.3) is 5.56 Å². The van der Waals surface area contributed by atoms with E-state index in [1.165, 1.54) is 29.3 Å². The molecule has 0 saturated carbocycles. The smallest absolute Gasteiger partial charge is 0.332 e. The van der Waals surface area contributed by atoms with E-state index < -0.39 is 5.97 Å². The second kappa shape index (κ2) is 12.3. The van der Waals surface area contributed by atoms with Gasteiger partial charge in [0.2, 0.25) is 0 Å². The third kappa shape index (κ3) is 6.38. The Hall–Kier alpha value is -3.91. The lowest BCUT2D eigenvalue weighted by Gasteiger charge is -2.35. The highest BCUT2D eigenvalue weighted by molar-refractivity contribution is 5.84. The average molecular weight is 557 g/mol. The van der Waals surface area contributed by atoms with Gasteiger partial charge in [-0.05, 0) is 78.5 Å². The Morgan fingerprint density at radius 1 is 0.976 bits per heavy atom. The summed E-state index contributed by atoms with van der Waals surface area (Å²) in [5.41, 5.74) is 6.51. The van der Waals surface area contributed by atoms with Gasteiger partial charge in [-0.2, -0.15) is 0 Å². The number of anilines is 1. The first-order valence-corrected chi connectivity index (χ1v) is 14.5. The number of carboxylic acid groups (broad SMARTS) is 1. The molecule has 216 valence electrons. The number of carbonyl (C=O) groups is 1. The molecular weight excluding hydrogens is 516 g/mol. The summed E-state index contributed by atoms with van der Waals surface area (Å²) in [4.78, 5) is 40.5. The average Bonchev–Trinajstić information content (AvgIpc) is 3.11. The van der Waals surface area contributed by atoms with E-state index in [1.54, 1.807) is 17.7 Å². The normalized spacial score (nSPS) is 16.5. The van der Waals surface area contributed by atoms with Gasteiger partial charge in [-0.25, -0.2) is 4.79 Å². The van der Waals surface area contributed by atoms with Crippen LogP contribution in [-0.2, 0) is 38.2 Å². The Bertz CT molecular complexity index is 1580. The van der Waals surface area contributed by atoms with Crippen LogP contribution in [0.4, 0.5) is 5.82 Å². The maximum absolute atomic E-state index is 12.4. The monoisotopic (exact) mass is 556 g/mol. The van der Waals surface area contributed by atoms with Crippen LogP contribution in [0.2, 0.25) is 0 Å². The molecule has 41 heavy (non-hydrogen) atoms. The van der Waals surface area contributed by atoms with Crippen molar-refractivity contribution in [1.82, 2.24) is 14.0 Å². The van der Waals surface area contributed by atoms with Gasteiger partial charge in [-0.1, -0.05) is 48.5 Å². The summed E-state index contributed by atoms with van der Waals surface area (Å²) in [5.74, 6) is 0.450. The zero-order chi connectivity index (χ0) is 29.1. The molecule has 0 radical (unpaired) electrons. The van der Waals surface area contributed by atoms with Crippen molar-refractivity contribution in [2.45, 2.75) is 38.5 Å². The van der Waals surface area contributed by atoms with Crippen LogP contribution in [0, 0.1) is 5.92 Å². The highest BCUT2D eigenvalue weighted by atomic mass is 16.4. The fraction of sp³-hybridized carbons (Fsp3) is 0.424. The fourth-order valence-electron chi connectivity index (χ4n) is 6.34. The zero-order valence-electron chi connectivity index (χ0n) is 24.3. The maximum Gasteiger partial charge on any atom is 0.332 e. The molecule has 1 N–H and O–H groups in total. The molecule has 0 amide bonds. The van der Waals surface area contributed by atoms with Crippen molar-refractivity contribution in [2.75, 3.05) is 38.1 Å². The van der Waals surface area contributed by atoms with Crippen molar-refractivity contribution < 1.29 is 9.90 Å².